The molecule has 1 aliphatic heterocycles. The fraction of sp³-hybridized carbons (Fsp3) is 0.364. The van der Waals surface area contributed by atoms with Gasteiger partial charge in [0.1, 0.15) is 21.9 Å². The van der Waals surface area contributed by atoms with Crippen LogP contribution in [-0.2, 0) is 6.42 Å². The van der Waals surface area contributed by atoms with Crippen LogP contribution < -0.4 is 15.2 Å². The van der Waals surface area contributed by atoms with Gasteiger partial charge in [0.2, 0.25) is 0 Å². The molecule has 2 aromatic heterocycles. The van der Waals surface area contributed by atoms with Gasteiger partial charge in [-0.05, 0) is 22.5 Å². The van der Waals surface area contributed by atoms with E-state index in [2.05, 4.69) is 20.9 Å². The Balaban J connectivity index is 2.00. The van der Waals surface area contributed by atoms with Crippen LogP contribution in [0.4, 0.5) is 0 Å². The highest BCUT2D eigenvalue weighted by molar-refractivity contribution is 9.11. The molecular formula is C11H11BrN2O2S2. The molecule has 2 aromatic rings. The van der Waals surface area contributed by atoms with E-state index in [0.29, 0.717) is 19.8 Å². The number of nitrogens with zero attached hydrogens (tertiary/aromatic N) is 1. The quantitative estimate of drug-likeness (QED) is 0.928. The number of nitrogens with two attached hydrogens (primary N) is 1. The molecule has 0 amide bonds. The Hall–Kier alpha value is -0.630. The molecule has 4 nitrogen and oxygen atoms in total. The van der Waals surface area contributed by atoms with Gasteiger partial charge in [-0.15, -0.1) is 22.7 Å². The van der Waals surface area contributed by atoms with E-state index >= 15 is 0 Å². The Labute approximate surface area is 121 Å². The number of hydrogen-bond acceptors (Lipinski definition) is 6. The van der Waals surface area contributed by atoms with Gasteiger partial charge in [0.05, 0.1) is 10.7 Å². The molecule has 0 fully saturated rings. The summed E-state index contributed by atoms with van der Waals surface area (Å²) in [7, 11) is 0. The average molecular weight is 347 g/mol. The van der Waals surface area contributed by atoms with Gasteiger partial charge in [-0.3, -0.25) is 0 Å². The summed E-state index contributed by atoms with van der Waals surface area (Å²) in [6.45, 7) is 1.80. The second kappa shape index (κ2) is 5.16. The molecule has 0 spiro atoms. The van der Waals surface area contributed by atoms with E-state index in [-0.39, 0.29) is 0 Å². The summed E-state index contributed by atoms with van der Waals surface area (Å²) in [5.74, 6) is 1.61. The SMILES string of the molecule is NCCc1nc(-c2sc(Br)c3c2OCCO3)cs1. The van der Waals surface area contributed by atoms with Gasteiger partial charge in [0, 0.05) is 11.8 Å². The molecule has 2 N–H and O–H groups in total. The minimum absolute atomic E-state index is 0.586. The van der Waals surface area contributed by atoms with Crippen LogP contribution in [0.5, 0.6) is 11.5 Å². The Bertz CT molecular complexity index is 567. The zero-order chi connectivity index (χ0) is 12.5. The Morgan fingerprint density at radius 1 is 1.33 bits per heavy atom. The van der Waals surface area contributed by atoms with Gasteiger partial charge in [-0.1, -0.05) is 0 Å². The zero-order valence-corrected chi connectivity index (χ0v) is 12.7. The smallest absolute Gasteiger partial charge is 0.187 e. The molecular weight excluding hydrogens is 336 g/mol. The van der Waals surface area contributed by atoms with Gasteiger partial charge in [0.15, 0.2) is 11.5 Å². The molecule has 0 aromatic carbocycles. The molecule has 0 bridgehead atoms. The normalized spacial score (nSPS) is 13.9. The van der Waals surface area contributed by atoms with Crippen LogP contribution in [0.25, 0.3) is 10.6 Å². The van der Waals surface area contributed by atoms with Gasteiger partial charge < -0.3 is 15.2 Å². The fourth-order valence-electron chi connectivity index (χ4n) is 1.74. The standard InChI is InChI=1S/C11H11BrN2O2S2/c12-11-9-8(15-3-4-16-9)10(18-11)6-5-17-7(14-6)1-2-13/h5H,1-4,13H2. The van der Waals surface area contributed by atoms with E-state index in [0.717, 1.165) is 37.3 Å². The lowest BCUT2D eigenvalue weighted by Crippen LogP contribution is -2.14. The van der Waals surface area contributed by atoms with Crippen molar-refractivity contribution in [1.29, 1.82) is 0 Å². The van der Waals surface area contributed by atoms with E-state index in [9.17, 15) is 0 Å². The topological polar surface area (TPSA) is 57.4 Å². The fourth-order valence-corrected chi connectivity index (χ4v) is 4.27. The number of ether oxygens (including phenoxy) is 2. The molecule has 0 unspecified atom stereocenters. The van der Waals surface area contributed by atoms with E-state index in [1.165, 1.54) is 0 Å². The van der Waals surface area contributed by atoms with Crippen LogP contribution in [0.2, 0.25) is 0 Å². The number of hydrogen-bond donors (Lipinski definition) is 1. The van der Waals surface area contributed by atoms with E-state index < -0.39 is 0 Å². The minimum atomic E-state index is 0.586. The van der Waals surface area contributed by atoms with Crippen LogP contribution in [-0.4, -0.2) is 24.7 Å². The monoisotopic (exact) mass is 346 g/mol. The summed E-state index contributed by atoms with van der Waals surface area (Å²) in [6, 6.07) is 0. The third-order valence-electron chi connectivity index (χ3n) is 2.50. The van der Waals surface area contributed by atoms with Crippen LogP contribution in [0.3, 0.4) is 0 Å². The summed E-state index contributed by atoms with van der Waals surface area (Å²) in [5, 5.41) is 3.10. The summed E-state index contributed by atoms with van der Waals surface area (Å²) in [4.78, 5) is 5.61. The van der Waals surface area contributed by atoms with Gasteiger partial charge in [-0.25, -0.2) is 4.98 Å². The first-order valence-corrected chi connectivity index (χ1v) is 8.01. The molecule has 96 valence electrons. The van der Waals surface area contributed by atoms with Crippen molar-refractivity contribution in [3.05, 3.63) is 14.2 Å². The minimum Gasteiger partial charge on any atom is -0.484 e. The second-order valence-corrected chi connectivity index (χ2v) is 7.01. The van der Waals surface area contributed by atoms with Crippen molar-refractivity contribution in [2.45, 2.75) is 6.42 Å². The first-order chi connectivity index (χ1) is 8.79. The highest BCUT2D eigenvalue weighted by Gasteiger charge is 2.25. The maximum Gasteiger partial charge on any atom is 0.187 e. The van der Waals surface area contributed by atoms with Gasteiger partial charge in [-0.2, -0.15) is 0 Å². The third-order valence-corrected chi connectivity index (χ3v) is 5.22. The van der Waals surface area contributed by atoms with Crippen molar-refractivity contribution in [2.75, 3.05) is 19.8 Å². The number of thiophene rings is 1. The summed E-state index contributed by atoms with van der Waals surface area (Å²) < 4.78 is 12.3. The molecule has 0 saturated heterocycles. The summed E-state index contributed by atoms with van der Waals surface area (Å²) in [5.41, 5.74) is 6.49. The lowest BCUT2D eigenvalue weighted by atomic mass is 10.3. The predicted octanol–water partition coefficient (Wildman–Crippen LogP) is 2.91. The van der Waals surface area contributed by atoms with Crippen molar-refractivity contribution < 1.29 is 9.47 Å². The molecule has 1 aliphatic rings. The molecule has 0 radical (unpaired) electrons. The molecule has 3 rings (SSSR count). The lowest BCUT2D eigenvalue weighted by Gasteiger charge is -2.15. The van der Waals surface area contributed by atoms with Crippen LogP contribution >= 0.6 is 38.6 Å². The maximum absolute atomic E-state index is 5.69. The van der Waals surface area contributed by atoms with Crippen LogP contribution in [0.15, 0.2) is 9.17 Å². The highest BCUT2D eigenvalue weighted by Crippen LogP contribution is 2.51. The van der Waals surface area contributed by atoms with Crippen molar-refractivity contribution in [3.63, 3.8) is 0 Å². The Morgan fingerprint density at radius 2 is 2.11 bits per heavy atom. The third kappa shape index (κ3) is 2.16. The van der Waals surface area contributed by atoms with E-state index in [1.54, 1.807) is 22.7 Å². The van der Waals surface area contributed by atoms with Crippen molar-refractivity contribution in [1.82, 2.24) is 4.98 Å². The van der Waals surface area contributed by atoms with Crippen molar-refractivity contribution in [2.24, 2.45) is 5.73 Å². The van der Waals surface area contributed by atoms with Crippen molar-refractivity contribution in [3.8, 4) is 22.1 Å². The first kappa shape index (κ1) is 12.4. The van der Waals surface area contributed by atoms with Crippen LogP contribution in [0.1, 0.15) is 5.01 Å². The van der Waals surface area contributed by atoms with Crippen LogP contribution in [0, 0.1) is 0 Å². The summed E-state index contributed by atoms with van der Waals surface area (Å²) in [6.07, 6.45) is 0.816. The highest BCUT2D eigenvalue weighted by atomic mass is 79.9. The second-order valence-electron chi connectivity index (χ2n) is 3.73. The molecule has 18 heavy (non-hydrogen) atoms. The molecule has 0 saturated carbocycles. The maximum atomic E-state index is 5.69. The van der Waals surface area contributed by atoms with Gasteiger partial charge >= 0.3 is 0 Å². The predicted molar refractivity (Wildman–Crippen MR) is 76.9 cm³/mol. The molecule has 7 heteroatoms. The number of thiazole rings is 1. The van der Waals surface area contributed by atoms with E-state index in [4.69, 9.17) is 15.2 Å². The first-order valence-electron chi connectivity index (χ1n) is 5.52. The average Bonchev–Trinajstić information content (AvgIpc) is 2.96. The molecule has 0 atom stereocenters. The Kier molecular flexibility index (Phi) is 3.56. The number of fused-ring (bicyclic) bond motifs is 1. The lowest BCUT2D eigenvalue weighted by molar-refractivity contribution is 0.173. The molecule has 0 aliphatic carbocycles. The van der Waals surface area contributed by atoms with Crippen molar-refractivity contribution >= 4 is 38.6 Å². The van der Waals surface area contributed by atoms with Gasteiger partial charge in [0.25, 0.3) is 0 Å². The number of rotatable bonds is 3. The number of halogens is 1. The zero-order valence-electron chi connectivity index (χ0n) is 9.44. The largest absolute Gasteiger partial charge is 0.484 e. The number of aromatic nitrogens is 1. The summed E-state index contributed by atoms with van der Waals surface area (Å²) >= 11 is 6.73. The Morgan fingerprint density at radius 3 is 2.89 bits per heavy atom. The van der Waals surface area contributed by atoms with E-state index in [1.807, 2.05) is 5.38 Å². The molecule has 3 heterocycles.